The first-order valence-corrected chi connectivity index (χ1v) is 10.3. The van der Waals surface area contributed by atoms with Crippen LogP contribution in [0.3, 0.4) is 0 Å². The van der Waals surface area contributed by atoms with Crippen LogP contribution in [0.1, 0.15) is 16.2 Å². The zero-order chi connectivity index (χ0) is 20.9. The minimum absolute atomic E-state index is 0.00846. The molecule has 3 aromatic rings. The maximum atomic E-state index is 13.1. The first-order chi connectivity index (χ1) is 14.6. The van der Waals surface area contributed by atoms with E-state index >= 15 is 0 Å². The maximum Gasteiger partial charge on any atom is 0.277 e. The van der Waals surface area contributed by atoms with Gasteiger partial charge in [0.2, 0.25) is 5.91 Å². The monoisotopic (exact) mass is 426 g/mol. The molecule has 2 amide bonds. The van der Waals surface area contributed by atoms with Gasteiger partial charge in [0.05, 0.1) is 18.3 Å². The topological polar surface area (TPSA) is 91.3 Å². The summed E-state index contributed by atoms with van der Waals surface area (Å²) in [6.45, 7) is 2.56. The van der Waals surface area contributed by atoms with Crippen molar-refractivity contribution < 1.29 is 14.0 Å². The van der Waals surface area contributed by atoms with Gasteiger partial charge in [0.15, 0.2) is 5.13 Å². The van der Waals surface area contributed by atoms with Gasteiger partial charge in [-0.25, -0.2) is 14.4 Å². The number of anilines is 2. The molecule has 0 atom stereocenters. The Morgan fingerprint density at radius 1 is 1.10 bits per heavy atom. The molecule has 0 spiro atoms. The van der Waals surface area contributed by atoms with Crippen molar-refractivity contribution in [2.24, 2.45) is 0 Å². The second kappa shape index (κ2) is 8.95. The summed E-state index contributed by atoms with van der Waals surface area (Å²) in [5.41, 5.74) is 1.76. The number of benzene rings is 1. The number of aromatic nitrogens is 3. The van der Waals surface area contributed by atoms with E-state index in [9.17, 15) is 14.0 Å². The van der Waals surface area contributed by atoms with Crippen molar-refractivity contribution in [3.63, 3.8) is 0 Å². The Morgan fingerprint density at radius 2 is 1.87 bits per heavy atom. The van der Waals surface area contributed by atoms with Crippen LogP contribution in [0, 0.1) is 5.82 Å². The smallest absolute Gasteiger partial charge is 0.277 e. The first kappa shape index (κ1) is 19.9. The molecule has 30 heavy (non-hydrogen) atoms. The van der Waals surface area contributed by atoms with Crippen LogP contribution < -0.4 is 10.2 Å². The third-order valence-electron chi connectivity index (χ3n) is 4.72. The van der Waals surface area contributed by atoms with E-state index in [4.69, 9.17) is 0 Å². The quantitative estimate of drug-likeness (QED) is 0.673. The maximum absolute atomic E-state index is 13.1. The van der Waals surface area contributed by atoms with E-state index in [2.05, 4.69) is 25.2 Å². The van der Waals surface area contributed by atoms with E-state index in [0.717, 1.165) is 5.69 Å². The standard InChI is InChI=1S/C20H19FN6O2S/c21-14-1-3-16(4-2-14)26-7-9-27(10-8-26)18(28)11-15-13-30-20(24-15)25-19(29)17-12-22-5-6-23-17/h1-6,12-13H,7-11H2,(H,24,25,29). The van der Waals surface area contributed by atoms with Crippen molar-refractivity contribution >= 4 is 34.0 Å². The third-order valence-corrected chi connectivity index (χ3v) is 5.53. The molecule has 2 aromatic heterocycles. The van der Waals surface area contributed by atoms with Crippen LogP contribution in [-0.4, -0.2) is 57.8 Å². The number of halogens is 1. The Hall–Kier alpha value is -3.40. The van der Waals surface area contributed by atoms with Gasteiger partial charge in [-0.1, -0.05) is 0 Å². The molecule has 0 bridgehead atoms. The zero-order valence-corrected chi connectivity index (χ0v) is 16.8. The van der Waals surface area contributed by atoms with Crippen molar-refractivity contribution in [1.82, 2.24) is 19.9 Å². The van der Waals surface area contributed by atoms with Crippen molar-refractivity contribution in [2.45, 2.75) is 6.42 Å². The Bertz CT molecular complexity index is 1020. The van der Waals surface area contributed by atoms with Crippen molar-refractivity contribution in [2.75, 3.05) is 36.4 Å². The number of nitrogens with one attached hydrogen (secondary N) is 1. The Labute approximate surface area is 176 Å². The lowest BCUT2D eigenvalue weighted by molar-refractivity contribution is -0.130. The lowest BCUT2D eigenvalue weighted by atomic mass is 10.2. The molecule has 4 rings (SSSR count). The molecule has 0 saturated carbocycles. The predicted molar refractivity (Wildman–Crippen MR) is 111 cm³/mol. The molecule has 0 unspecified atom stereocenters. The molecule has 8 nitrogen and oxygen atoms in total. The SMILES string of the molecule is O=C(Nc1nc(CC(=O)N2CCN(c3ccc(F)cc3)CC2)cs1)c1cnccn1. The summed E-state index contributed by atoms with van der Waals surface area (Å²) >= 11 is 1.26. The normalized spacial score (nSPS) is 13.9. The van der Waals surface area contributed by atoms with Crippen LogP contribution in [0.25, 0.3) is 0 Å². The van der Waals surface area contributed by atoms with Crippen LogP contribution in [0.5, 0.6) is 0 Å². The van der Waals surface area contributed by atoms with Gasteiger partial charge in [-0.05, 0) is 24.3 Å². The molecule has 3 heterocycles. The zero-order valence-electron chi connectivity index (χ0n) is 16.0. The van der Waals surface area contributed by atoms with Crippen LogP contribution in [0.15, 0.2) is 48.2 Å². The molecule has 1 N–H and O–H groups in total. The second-order valence-corrected chi connectivity index (χ2v) is 7.57. The third kappa shape index (κ3) is 4.77. The Kier molecular flexibility index (Phi) is 5.94. The minimum atomic E-state index is -0.396. The highest BCUT2D eigenvalue weighted by atomic mass is 32.1. The van der Waals surface area contributed by atoms with Gasteiger partial charge >= 0.3 is 0 Å². The van der Waals surface area contributed by atoms with E-state index in [0.29, 0.717) is 37.0 Å². The molecule has 1 fully saturated rings. The number of hydrogen-bond acceptors (Lipinski definition) is 7. The summed E-state index contributed by atoms with van der Waals surface area (Å²) in [7, 11) is 0. The number of piperazine rings is 1. The summed E-state index contributed by atoms with van der Waals surface area (Å²) in [5.74, 6) is -0.666. The van der Waals surface area contributed by atoms with Crippen LogP contribution in [-0.2, 0) is 11.2 Å². The number of nitrogens with zero attached hydrogens (tertiary/aromatic N) is 5. The predicted octanol–water partition coefficient (Wildman–Crippen LogP) is 2.22. The molecule has 1 aromatic carbocycles. The van der Waals surface area contributed by atoms with E-state index in [-0.39, 0.29) is 23.8 Å². The van der Waals surface area contributed by atoms with Gasteiger partial charge in [-0.2, -0.15) is 0 Å². The van der Waals surface area contributed by atoms with Gasteiger partial charge in [-0.3, -0.25) is 19.9 Å². The fourth-order valence-corrected chi connectivity index (χ4v) is 3.86. The molecule has 10 heteroatoms. The van der Waals surface area contributed by atoms with Crippen molar-refractivity contribution in [3.8, 4) is 0 Å². The molecule has 1 aliphatic rings. The van der Waals surface area contributed by atoms with Gasteiger partial charge in [-0.15, -0.1) is 11.3 Å². The molecule has 1 saturated heterocycles. The van der Waals surface area contributed by atoms with Crippen LogP contribution >= 0.6 is 11.3 Å². The number of hydrogen-bond donors (Lipinski definition) is 1. The fraction of sp³-hybridized carbons (Fsp3) is 0.250. The Balaban J connectivity index is 1.28. The van der Waals surface area contributed by atoms with E-state index < -0.39 is 5.91 Å². The summed E-state index contributed by atoms with van der Waals surface area (Å²) in [4.78, 5) is 40.8. The summed E-state index contributed by atoms with van der Waals surface area (Å²) in [6.07, 6.45) is 4.48. The number of amides is 2. The molecule has 154 valence electrons. The molecule has 0 aliphatic carbocycles. The fourth-order valence-electron chi connectivity index (χ4n) is 3.16. The van der Waals surface area contributed by atoms with Gasteiger partial charge in [0.25, 0.3) is 5.91 Å². The largest absolute Gasteiger partial charge is 0.368 e. The number of thiazole rings is 1. The van der Waals surface area contributed by atoms with Gasteiger partial charge in [0.1, 0.15) is 11.5 Å². The van der Waals surface area contributed by atoms with Gasteiger partial charge in [0, 0.05) is 49.6 Å². The lowest BCUT2D eigenvalue weighted by Gasteiger charge is -2.36. The Morgan fingerprint density at radius 3 is 2.57 bits per heavy atom. The lowest BCUT2D eigenvalue weighted by Crippen LogP contribution is -2.49. The van der Waals surface area contributed by atoms with Crippen LogP contribution in [0.2, 0.25) is 0 Å². The van der Waals surface area contributed by atoms with E-state index in [1.807, 2.05) is 0 Å². The number of rotatable bonds is 5. The van der Waals surface area contributed by atoms with E-state index in [1.165, 1.54) is 42.1 Å². The highest BCUT2D eigenvalue weighted by Gasteiger charge is 2.22. The molecular weight excluding hydrogens is 407 g/mol. The van der Waals surface area contributed by atoms with E-state index in [1.54, 1.807) is 22.4 Å². The second-order valence-electron chi connectivity index (χ2n) is 6.71. The first-order valence-electron chi connectivity index (χ1n) is 9.38. The highest BCUT2D eigenvalue weighted by Crippen LogP contribution is 2.19. The summed E-state index contributed by atoms with van der Waals surface area (Å²) < 4.78 is 13.1. The van der Waals surface area contributed by atoms with Crippen LogP contribution in [0.4, 0.5) is 15.2 Å². The number of carbonyl (C=O) groups is 2. The molecule has 0 radical (unpaired) electrons. The minimum Gasteiger partial charge on any atom is -0.368 e. The summed E-state index contributed by atoms with van der Waals surface area (Å²) in [6, 6.07) is 6.38. The average molecular weight is 426 g/mol. The van der Waals surface area contributed by atoms with Crippen molar-refractivity contribution in [1.29, 1.82) is 0 Å². The van der Waals surface area contributed by atoms with Gasteiger partial charge < -0.3 is 9.80 Å². The van der Waals surface area contributed by atoms with Crippen molar-refractivity contribution in [3.05, 3.63) is 65.4 Å². The molecule has 1 aliphatic heterocycles. The summed E-state index contributed by atoms with van der Waals surface area (Å²) in [5, 5.41) is 4.84. The average Bonchev–Trinajstić information content (AvgIpc) is 3.21. The highest BCUT2D eigenvalue weighted by molar-refractivity contribution is 7.14. The molecular formula is C20H19FN6O2S. The number of carbonyl (C=O) groups excluding carboxylic acids is 2.